The maximum atomic E-state index is 5.50. The van der Waals surface area contributed by atoms with Crippen LogP contribution >= 0.6 is 12.2 Å². The zero-order valence-electron chi connectivity index (χ0n) is 13.8. The third-order valence-corrected chi connectivity index (χ3v) is 4.19. The molecule has 3 aromatic rings. The first-order valence-corrected chi connectivity index (χ1v) is 8.41. The molecule has 1 N–H and O–H groups in total. The van der Waals surface area contributed by atoms with Crippen molar-refractivity contribution < 1.29 is 4.74 Å². The van der Waals surface area contributed by atoms with Crippen molar-refractivity contribution in [1.29, 1.82) is 0 Å². The number of rotatable bonds is 6. The zero-order chi connectivity index (χ0) is 16.9. The largest absolute Gasteiger partial charge is 0.496 e. The number of aromatic nitrogens is 3. The summed E-state index contributed by atoms with van der Waals surface area (Å²) in [4.78, 5) is 0. The van der Waals surface area contributed by atoms with Crippen LogP contribution in [-0.4, -0.2) is 28.2 Å². The van der Waals surface area contributed by atoms with E-state index in [9.17, 15) is 0 Å². The predicted octanol–water partition coefficient (Wildman–Crippen LogP) is 4.33. The number of nitrogens with zero attached hydrogens (tertiary/aromatic N) is 3. The van der Waals surface area contributed by atoms with Crippen LogP contribution in [0, 0.1) is 4.77 Å². The van der Waals surface area contributed by atoms with Gasteiger partial charge in [-0.2, -0.15) is 14.9 Å². The van der Waals surface area contributed by atoms with Gasteiger partial charge < -0.3 is 4.74 Å². The first-order chi connectivity index (χ1) is 11.7. The molecule has 6 heteroatoms. The molecule has 0 aliphatic rings. The summed E-state index contributed by atoms with van der Waals surface area (Å²) in [6, 6.07) is 12.2. The van der Waals surface area contributed by atoms with Gasteiger partial charge in [-0.15, -0.1) is 0 Å². The molecule has 0 radical (unpaired) electrons. The monoisotopic (exact) mass is 340 g/mol. The Bertz CT molecular complexity index is 926. The third kappa shape index (κ3) is 3.23. The summed E-state index contributed by atoms with van der Waals surface area (Å²) in [6.45, 7) is 2.15. The fraction of sp³-hybridized carbons (Fsp3) is 0.278. The van der Waals surface area contributed by atoms with Crippen molar-refractivity contribution in [2.45, 2.75) is 26.2 Å². The second kappa shape index (κ2) is 7.40. The minimum Gasteiger partial charge on any atom is -0.496 e. The number of ether oxygens (including phenoxy) is 1. The van der Waals surface area contributed by atoms with Gasteiger partial charge in [0.05, 0.1) is 13.3 Å². The van der Waals surface area contributed by atoms with Crippen LogP contribution in [0.5, 0.6) is 5.75 Å². The summed E-state index contributed by atoms with van der Waals surface area (Å²) in [5.74, 6) is 1.62. The number of benzene rings is 2. The molecule has 5 nitrogen and oxygen atoms in total. The molecule has 0 bridgehead atoms. The van der Waals surface area contributed by atoms with Gasteiger partial charge in [0.15, 0.2) is 5.82 Å². The van der Waals surface area contributed by atoms with Crippen molar-refractivity contribution in [2.24, 2.45) is 5.10 Å². The fourth-order valence-electron chi connectivity index (χ4n) is 2.64. The van der Waals surface area contributed by atoms with E-state index in [1.807, 2.05) is 24.3 Å². The van der Waals surface area contributed by atoms with Crippen molar-refractivity contribution >= 4 is 29.2 Å². The van der Waals surface area contributed by atoms with E-state index in [0.717, 1.165) is 47.2 Å². The normalized spacial score (nSPS) is 11.4. The average molecular weight is 340 g/mol. The molecular weight excluding hydrogens is 320 g/mol. The number of aryl methyl sites for hydroxylation is 1. The minimum absolute atomic E-state index is 0.497. The van der Waals surface area contributed by atoms with E-state index >= 15 is 0 Å². The number of aromatic amines is 1. The molecule has 3 rings (SSSR count). The van der Waals surface area contributed by atoms with Gasteiger partial charge in [0, 0.05) is 12.0 Å². The Balaban J connectivity index is 2.05. The van der Waals surface area contributed by atoms with Gasteiger partial charge in [-0.1, -0.05) is 43.7 Å². The number of nitrogens with one attached hydrogen (secondary N) is 1. The van der Waals surface area contributed by atoms with E-state index in [2.05, 4.69) is 34.4 Å². The van der Waals surface area contributed by atoms with E-state index in [1.165, 1.54) is 0 Å². The van der Waals surface area contributed by atoms with Gasteiger partial charge in [0.25, 0.3) is 0 Å². The molecule has 0 aliphatic carbocycles. The second-order valence-electron chi connectivity index (χ2n) is 5.51. The number of methoxy groups -OCH3 is 1. The van der Waals surface area contributed by atoms with Gasteiger partial charge in [-0.3, -0.25) is 5.10 Å². The molecule has 2 aromatic carbocycles. The molecule has 1 aromatic heterocycles. The van der Waals surface area contributed by atoms with E-state index in [-0.39, 0.29) is 0 Å². The molecule has 0 saturated heterocycles. The summed E-state index contributed by atoms with van der Waals surface area (Å²) in [5.41, 5.74) is 0.931. The van der Waals surface area contributed by atoms with Crippen LogP contribution in [0.3, 0.4) is 0 Å². The number of hydrogen-bond donors (Lipinski definition) is 1. The van der Waals surface area contributed by atoms with Crippen LogP contribution in [0.4, 0.5) is 0 Å². The smallest absolute Gasteiger partial charge is 0.216 e. The van der Waals surface area contributed by atoms with Crippen molar-refractivity contribution in [3.8, 4) is 5.75 Å². The van der Waals surface area contributed by atoms with Crippen molar-refractivity contribution in [3.05, 3.63) is 52.6 Å². The highest BCUT2D eigenvalue weighted by atomic mass is 32.1. The van der Waals surface area contributed by atoms with E-state index in [1.54, 1.807) is 18.0 Å². The Labute approximate surface area is 146 Å². The molecule has 0 saturated carbocycles. The maximum absolute atomic E-state index is 5.50. The lowest BCUT2D eigenvalue weighted by atomic mass is 10.0. The van der Waals surface area contributed by atoms with Crippen LogP contribution in [0.1, 0.15) is 31.2 Å². The highest BCUT2D eigenvalue weighted by molar-refractivity contribution is 7.71. The Morgan fingerprint density at radius 3 is 2.92 bits per heavy atom. The van der Waals surface area contributed by atoms with E-state index < -0.39 is 0 Å². The third-order valence-electron chi connectivity index (χ3n) is 3.92. The number of hydrogen-bond acceptors (Lipinski definition) is 4. The molecule has 0 spiro atoms. The van der Waals surface area contributed by atoms with Crippen LogP contribution < -0.4 is 4.74 Å². The van der Waals surface area contributed by atoms with Gasteiger partial charge in [-0.05, 0) is 35.5 Å². The van der Waals surface area contributed by atoms with E-state index in [0.29, 0.717) is 4.77 Å². The van der Waals surface area contributed by atoms with Crippen molar-refractivity contribution in [2.75, 3.05) is 7.11 Å². The quantitative estimate of drug-likeness (QED) is 0.537. The Hall–Kier alpha value is -2.47. The highest BCUT2D eigenvalue weighted by Crippen LogP contribution is 2.26. The minimum atomic E-state index is 0.497. The second-order valence-corrected chi connectivity index (χ2v) is 5.89. The first kappa shape index (κ1) is 16.4. The number of H-pyrrole nitrogens is 1. The van der Waals surface area contributed by atoms with Crippen molar-refractivity contribution in [1.82, 2.24) is 14.9 Å². The molecule has 24 heavy (non-hydrogen) atoms. The van der Waals surface area contributed by atoms with E-state index in [4.69, 9.17) is 17.0 Å². The Kier molecular flexibility index (Phi) is 5.05. The lowest BCUT2D eigenvalue weighted by Crippen LogP contribution is -2.00. The van der Waals surface area contributed by atoms with Gasteiger partial charge in [0.1, 0.15) is 5.75 Å². The molecule has 1 heterocycles. The van der Waals surface area contributed by atoms with Crippen LogP contribution in [-0.2, 0) is 6.42 Å². The molecular formula is C18H20N4OS. The molecule has 0 atom stereocenters. The fourth-order valence-corrected chi connectivity index (χ4v) is 2.84. The summed E-state index contributed by atoms with van der Waals surface area (Å²) in [7, 11) is 1.66. The molecule has 0 unspecified atom stereocenters. The lowest BCUT2D eigenvalue weighted by molar-refractivity contribution is 0.415. The molecule has 0 fully saturated rings. The molecule has 124 valence electrons. The topological polar surface area (TPSA) is 55.2 Å². The average Bonchev–Trinajstić information content (AvgIpc) is 2.97. The van der Waals surface area contributed by atoms with Crippen LogP contribution in [0.15, 0.2) is 41.5 Å². The summed E-state index contributed by atoms with van der Waals surface area (Å²) in [5, 5.41) is 13.9. The standard InChI is InChI=1S/C18H20N4OS/c1-3-4-9-17-20-21-18(24)22(17)19-12-15-14-8-6-5-7-13(14)10-11-16(15)23-2/h5-8,10-12H,3-4,9H2,1-2H3,(H,21,24)/b19-12+. The number of unbranched alkanes of at least 4 members (excludes halogenated alkanes) is 1. The summed E-state index contributed by atoms with van der Waals surface area (Å²) < 4.78 is 7.68. The van der Waals surface area contributed by atoms with Crippen molar-refractivity contribution in [3.63, 3.8) is 0 Å². The van der Waals surface area contributed by atoms with Crippen LogP contribution in [0.25, 0.3) is 10.8 Å². The molecule has 0 amide bonds. The van der Waals surface area contributed by atoms with Gasteiger partial charge in [-0.25, -0.2) is 0 Å². The molecule has 0 aliphatic heterocycles. The Morgan fingerprint density at radius 2 is 2.12 bits per heavy atom. The van der Waals surface area contributed by atoms with Gasteiger partial charge >= 0.3 is 0 Å². The lowest BCUT2D eigenvalue weighted by Gasteiger charge is -2.08. The summed E-state index contributed by atoms with van der Waals surface area (Å²) >= 11 is 5.30. The highest BCUT2D eigenvalue weighted by Gasteiger charge is 2.08. The van der Waals surface area contributed by atoms with Gasteiger partial charge in [0.2, 0.25) is 4.77 Å². The predicted molar refractivity (Wildman–Crippen MR) is 99.5 cm³/mol. The maximum Gasteiger partial charge on any atom is 0.216 e. The first-order valence-electron chi connectivity index (χ1n) is 8.01. The van der Waals surface area contributed by atoms with Crippen LogP contribution in [0.2, 0.25) is 0 Å². The SMILES string of the molecule is CCCCc1n[nH]c(=S)n1/N=C/c1c(OC)ccc2ccccc12. The zero-order valence-corrected chi connectivity index (χ0v) is 14.6. The number of fused-ring (bicyclic) bond motifs is 1. The summed E-state index contributed by atoms with van der Waals surface area (Å²) in [6.07, 6.45) is 4.78. The Morgan fingerprint density at radius 1 is 1.29 bits per heavy atom.